The molecule has 4 nitrogen and oxygen atoms in total. The molecule has 1 N–H and O–H groups in total. The number of para-hydroxylation sites is 3. The molecule has 3 heterocycles. The van der Waals surface area contributed by atoms with Crippen LogP contribution >= 0.6 is 0 Å². The van der Waals surface area contributed by atoms with E-state index in [9.17, 15) is 0 Å². The van der Waals surface area contributed by atoms with E-state index >= 15 is 0 Å². The Hall–Kier alpha value is -6.39. The van der Waals surface area contributed by atoms with Crippen LogP contribution in [0.5, 0.6) is 0 Å². The smallest absolute Gasteiger partial charge is 0.204 e. The lowest BCUT2D eigenvalue weighted by Crippen LogP contribution is -2.50. The predicted molar refractivity (Wildman–Crippen MR) is 213 cm³/mol. The van der Waals surface area contributed by atoms with E-state index in [0.717, 1.165) is 23.4 Å². The summed E-state index contributed by atoms with van der Waals surface area (Å²) >= 11 is 0. The molecular weight excluding hydrogens is 621 g/mol. The molecule has 7 aromatic carbocycles. The normalized spacial score (nSPS) is 17.6. The van der Waals surface area contributed by atoms with Gasteiger partial charge < -0.3 is 9.88 Å². The lowest BCUT2D eigenvalue weighted by Gasteiger charge is -2.39. The summed E-state index contributed by atoms with van der Waals surface area (Å²) in [6.07, 6.45) is 0.851. The van der Waals surface area contributed by atoms with E-state index in [1.54, 1.807) is 0 Å². The molecule has 2 aromatic heterocycles. The second-order valence-electron chi connectivity index (χ2n) is 13.9. The number of fused-ring (bicyclic) bond motifs is 6. The zero-order chi connectivity index (χ0) is 33.9. The van der Waals surface area contributed by atoms with Gasteiger partial charge in [0.2, 0.25) is 5.96 Å². The van der Waals surface area contributed by atoms with Gasteiger partial charge in [0, 0.05) is 33.7 Å². The van der Waals surface area contributed by atoms with Crippen LogP contribution in [0.3, 0.4) is 0 Å². The fourth-order valence-electron chi connectivity index (χ4n) is 8.27. The first-order valence-electron chi connectivity index (χ1n) is 17.7. The van der Waals surface area contributed by atoms with Crippen LogP contribution in [0.25, 0.3) is 60.4 Å². The Balaban J connectivity index is 1.17. The van der Waals surface area contributed by atoms with Crippen molar-refractivity contribution in [3.63, 3.8) is 0 Å². The van der Waals surface area contributed by atoms with Crippen LogP contribution in [0.4, 0.5) is 0 Å². The monoisotopic (exact) mass is 656 g/mol. The molecule has 0 bridgehead atoms. The third-order valence-electron chi connectivity index (χ3n) is 10.8. The van der Waals surface area contributed by atoms with Gasteiger partial charge in [0.05, 0.1) is 33.6 Å². The van der Waals surface area contributed by atoms with Gasteiger partial charge in [0.1, 0.15) is 0 Å². The molecule has 2 atom stereocenters. The Morgan fingerprint density at radius 2 is 1.06 bits per heavy atom. The summed E-state index contributed by atoms with van der Waals surface area (Å²) < 4.78 is 4.72. The molecule has 0 saturated heterocycles. The average molecular weight is 657 g/mol. The minimum atomic E-state index is -0.327. The highest BCUT2D eigenvalue weighted by Gasteiger charge is 2.37. The van der Waals surface area contributed by atoms with Crippen molar-refractivity contribution < 1.29 is 0 Å². The minimum Gasteiger partial charge on any atom is -0.346 e. The van der Waals surface area contributed by atoms with Gasteiger partial charge in [-0.3, -0.25) is 4.57 Å². The van der Waals surface area contributed by atoms with Crippen molar-refractivity contribution in [1.29, 1.82) is 0 Å². The molecule has 4 heteroatoms. The largest absolute Gasteiger partial charge is 0.346 e. The topological polar surface area (TPSA) is 34.2 Å². The molecule has 10 rings (SSSR count). The van der Waals surface area contributed by atoms with E-state index in [1.165, 1.54) is 60.5 Å². The number of nitrogens with zero attached hydrogens (tertiary/aromatic N) is 3. The number of aliphatic imine (C=N–C) groups is 1. The summed E-state index contributed by atoms with van der Waals surface area (Å²) in [6.45, 7) is 2.31. The van der Waals surface area contributed by atoms with Crippen LogP contribution in [-0.2, 0) is 5.54 Å². The van der Waals surface area contributed by atoms with E-state index < -0.39 is 0 Å². The van der Waals surface area contributed by atoms with E-state index in [0.29, 0.717) is 0 Å². The molecule has 51 heavy (non-hydrogen) atoms. The van der Waals surface area contributed by atoms with Crippen molar-refractivity contribution in [2.24, 2.45) is 4.99 Å². The van der Waals surface area contributed by atoms with E-state index in [-0.39, 0.29) is 11.6 Å². The first kappa shape index (κ1) is 29.5. The van der Waals surface area contributed by atoms with Gasteiger partial charge in [-0.05, 0) is 71.6 Å². The van der Waals surface area contributed by atoms with Gasteiger partial charge in [-0.15, -0.1) is 0 Å². The maximum absolute atomic E-state index is 5.49. The average Bonchev–Trinajstić information content (AvgIpc) is 3.71. The van der Waals surface area contributed by atoms with E-state index in [4.69, 9.17) is 4.99 Å². The van der Waals surface area contributed by atoms with Crippen LogP contribution in [0.15, 0.2) is 181 Å². The summed E-state index contributed by atoms with van der Waals surface area (Å²) in [5, 5.41) is 8.89. The highest BCUT2D eigenvalue weighted by Crippen LogP contribution is 2.40. The lowest BCUT2D eigenvalue weighted by atomic mass is 9.82. The highest BCUT2D eigenvalue weighted by molar-refractivity contribution is 6.15. The maximum Gasteiger partial charge on any atom is 0.204 e. The molecule has 1 aliphatic rings. The molecule has 0 amide bonds. The summed E-state index contributed by atoms with van der Waals surface area (Å²) in [5.41, 5.74) is 10.4. The lowest BCUT2D eigenvalue weighted by molar-refractivity contribution is 0.341. The Kier molecular flexibility index (Phi) is 6.72. The van der Waals surface area contributed by atoms with Crippen LogP contribution in [0, 0.1) is 0 Å². The summed E-state index contributed by atoms with van der Waals surface area (Å²) in [7, 11) is 0. The second-order valence-corrected chi connectivity index (χ2v) is 13.9. The summed E-state index contributed by atoms with van der Waals surface area (Å²) in [5.74, 6) is 0.867. The van der Waals surface area contributed by atoms with Crippen molar-refractivity contribution in [2.75, 3.05) is 0 Å². The first-order valence-corrected chi connectivity index (χ1v) is 17.7. The zero-order valence-electron chi connectivity index (χ0n) is 28.4. The van der Waals surface area contributed by atoms with Gasteiger partial charge in [-0.1, -0.05) is 133 Å². The van der Waals surface area contributed by atoms with Gasteiger partial charge in [-0.25, -0.2) is 4.99 Å². The van der Waals surface area contributed by atoms with Crippen LogP contribution in [0.1, 0.15) is 30.5 Å². The first-order chi connectivity index (χ1) is 25.1. The predicted octanol–water partition coefficient (Wildman–Crippen LogP) is 11.4. The Bertz CT molecular complexity index is 2760. The van der Waals surface area contributed by atoms with Crippen molar-refractivity contribution in [3.8, 4) is 16.8 Å². The maximum atomic E-state index is 5.49. The Labute approximate surface area is 296 Å². The van der Waals surface area contributed by atoms with Gasteiger partial charge in [-0.2, -0.15) is 0 Å². The molecule has 1 aliphatic heterocycles. The highest BCUT2D eigenvalue weighted by atomic mass is 15.3. The standard InChI is InChI=1S/C47H36N4/c1-47(35-17-7-3-8-18-35)31-41(32-15-5-2-6-16-32)48-46(49-47)51-43-24-14-11-21-37(43)39-27-25-34(30-45(39)51)33-26-28-44-40(29-33)38-22-12-13-23-42(38)50(44)36-19-9-4-10-20-36/h2-30,41H,31H2,1H3,(H,48,49). The third-order valence-corrected chi connectivity index (χ3v) is 10.8. The molecule has 244 valence electrons. The van der Waals surface area contributed by atoms with E-state index in [1.807, 2.05) is 0 Å². The quantitative estimate of drug-likeness (QED) is 0.201. The number of rotatable bonds is 4. The minimum absolute atomic E-state index is 0.00334. The van der Waals surface area contributed by atoms with Crippen LogP contribution in [0.2, 0.25) is 0 Å². The number of hydrogen-bond donors (Lipinski definition) is 1. The van der Waals surface area contributed by atoms with Crippen molar-refractivity contribution in [3.05, 3.63) is 187 Å². The third kappa shape index (κ3) is 4.79. The molecule has 0 spiro atoms. The number of hydrogen-bond acceptors (Lipinski definition) is 2. The fourth-order valence-corrected chi connectivity index (χ4v) is 8.27. The molecule has 2 unspecified atom stereocenters. The summed E-state index contributed by atoms with van der Waals surface area (Å²) in [6, 6.07) is 63.4. The van der Waals surface area contributed by atoms with Crippen LogP contribution < -0.4 is 5.32 Å². The molecule has 9 aromatic rings. The second kappa shape index (κ2) is 11.6. The van der Waals surface area contributed by atoms with E-state index in [2.05, 4.69) is 197 Å². The Morgan fingerprint density at radius 1 is 0.510 bits per heavy atom. The SMILES string of the molecule is CC1(c2ccccc2)CC(c2ccccc2)N=C(n2c3ccccc3c3ccc(-c4ccc5c(c4)c4ccccc4n5-c4ccccc4)cc32)N1. The van der Waals surface area contributed by atoms with Crippen LogP contribution in [-0.4, -0.2) is 15.1 Å². The summed E-state index contributed by atoms with van der Waals surface area (Å²) in [4.78, 5) is 5.49. The number of nitrogens with one attached hydrogen (secondary N) is 1. The molecule has 0 radical (unpaired) electrons. The zero-order valence-corrected chi connectivity index (χ0v) is 28.4. The molecular formula is C47H36N4. The van der Waals surface area contributed by atoms with Gasteiger partial charge >= 0.3 is 0 Å². The van der Waals surface area contributed by atoms with Crippen molar-refractivity contribution in [2.45, 2.75) is 24.9 Å². The molecule has 0 aliphatic carbocycles. The fraction of sp³-hybridized carbons (Fsp3) is 0.0851. The molecule has 0 fully saturated rings. The number of benzene rings is 7. The van der Waals surface area contributed by atoms with Gasteiger partial charge in [0.25, 0.3) is 0 Å². The van der Waals surface area contributed by atoms with Crippen molar-refractivity contribution >= 4 is 49.6 Å². The Morgan fingerprint density at radius 3 is 1.80 bits per heavy atom. The molecule has 0 saturated carbocycles. The van der Waals surface area contributed by atoms with Gasteiger partial charge in [0.15, 0.2) is 0 Å². The van der Waals surface area contributed by atoms with Crippen molar-refractivity contribution in [1.82, 2.24) is 14.5 Å². The number of aromatic nitrogens is 2.